The molecule has 138 valence electrons. The molecule has 0 spiro atoms. The zero-order chi connectivity index (χ0) is 19.3. The summed E-state index contributed by atoms with van der Waals surface area (Å²) in [7, 11) is 0. The average molecular weight is 367 g/mol. The summed E-state index contributed by atoms with van der Waals surface area (Å²) in [4.78, 5) is 22.7. The van der Waals surface area contributed by atoms with E-state index in [0.29, 0.717) is 5.39 Å². The number of carbonyl (C=O) groups excluding carboxylic acids is 1. The highest BCUT2D eigenvalue weighted by Gasteiger charge is 2.53. The number of nitro groups is 1. The zero-order valence-corrected chi connectivity index (χ0v) is 14.0. The lowest BCUT2D eigenvalue weighted by atomic mass is 9.93. The first kappa shape index (κ1) is 18.1. The Labute approximate surface area is 146 Å². The van der Waals surface area contributed by atoms with Gasteiger partial charge in [0.15, 0.2) is 6.04 Å². The predicted octanol–water partition coefficient (Wildman–Crippen LogP) is 3.72. The number of amides is 1. The smallest absolute Gasteiger partial charge is 0.287 e. The van der Waals surface area contributed by atoms with Gasteiger partial charge >= 0.3 is 6.18 Å². The molecule has 0 aliphatic carbocycles. The van der Waals surface area contributed by atoms with E-state index in [0.717, 1.165) is 11.1 Å². The molecule has 1 heterocycles. The summed E-state index contributed by atoms with van der Waals surface area (Å²) in [5.74, 6) is -0.560. The molecule has 2 aromatic carbocycles. The monoisotopic (exact) mass is 367 g/mol. The highest BCUT2D eigenvalue weighted by atomic mass is 19.4. The number of hydrogen-bond donors (Lipinski definition) is 1. The molecule has 0 saturated carbocycles. The Morgan fingerprint density at radius 3 is 2.42 bits per heavy atom. The van der Waals surface area contributed by atoms with Crippen LogP contribution in [0.15, 0.2) is 36.4 Å². The summed E-state index contributed by atoms with van der Waals surface area (Å²) in [6.07, 6.45) is -4.82. The number of nitro benzene ring substituents is 1. The van der Waals surface area contributed by atoms with Crippen LogP contribution >= 0.6 is 0 Å². The van der Waals surface area contributed by atoms with Crippen LogP contribution in [0.5, 0.6) is 0 Å². The van der Waals surface area contributed by atoms with Crippen molar-refractivity contribution in [2.24, 2.45) is 5.41 Å². The van der Waals surface area contributed by atoms with Crippen molar-refractivity contribution in [2.75, 3.05) is 6.54 Å². The second-order valence-corrected chi connectivity index (χ2v) is 6.88. The maximum Gasteiger partial charge on any atom is 0.410 e. The molecule has 0 aromatic heterocycles. The van der Waals surface area contributed by atoms with E-state index in [1.54, 1.807) is 12.1 Å². The third kappa shape index (κ3) is 2.98. The minimum absolute atomic E-state index is 0.119. The predicted molar refractivity (Wildman–Crippen MR) is 88.0 cm³/mol. The topological polar surface area (TPSA) is 75.5 Å². The van der Waals surface area contributed by atoms with Crippen LogP contribution in [0.2, 0.25) is 0 Å². The number of hydrazine groups is 1. The fraction of sp³-hybridized carbons (Fsp3) is 0.353. The fourth-order valence-electron chi connectivity index (χ4n) is 3.19. The van der Waals surface area contributed by atoms with Gasteiger partial charge in [-0.2, -0.15) is 13.2 Å². The Bertz CT molecular complexity index is 896. The van der Waals surface area contributed by atoms with Gasteiger partial charge in [0, 0.05) is 6.54 Å². The van der Waals surface area contributed by atoms with Gasteiger partial charge in [0.1, 0.15) is 0 Å². The van der Waals surface area contributed by atoms with E-state index >= 15 is 0 Å². The highest BCUT2D eigenvalue weighted by molar-refractivity contribution is 5.92. The molecule has 1 aliphatic rings. The van der Waals surface area contributed by atoms with Gasteiger partial charge in [0.05, 0.1) is 21.3 Å². The van der Waals surface area contributed by atoms with Crippen LogP contribution in [0.1, 0.15) is 25.5 Å². The third-order valence-electron chi connectivity index (χ3n) is 4.46. The fourth-order valence-corrected chi connectivity index (χ4v) is 3.19. The molecular formula is C17H16F3N3O3. The Kier molecular flexibility index (Phi) is 4.14. The summed E-state index contributed by atoms with van der Waals surface area (Å²) >= 11 is 0. The van der Waals surface area contributed by atoms with Gasteiger partial charge in [0.2, 0.25) is 5.91 Å². The Morgan fingerprint density at radius 1 is 1.23 bits per heavy atom. The Hall–Kier alpha value is -2.68. The highest BCUT2D eigenvalue weighted by Crippen LogP contribution is 2.45. The second kappa shape index (κ2) is 5.94. The van der Waals surface area contributed by atoms with Crippen molar-refractivity contribution in [3.8, 4) is 0 Å². The molecule has 1 N–H and O–H groups in total. The van der Waals surface area contributed by atoms with Gasteiger partial charge in [-0.1, -0.05) is 24.3 Å². The quantitative estimate of drug-likeness (QED) is 0.663. The molecule has 0 bridgehead atoms. The van der Waals surface area contributed by atoms with Crippen LogP contribution in [-0.2, 0) is 4.79 Å². The molecule has 3 rings (SSSR count). The van der Waals surface area contributed by atoms with Gasteiger partial charge in [-0.05, 0) is 31.4 Å². The normalized spacial score (nSPS) is 18.7. The van der Waals surface area contributed by atoms with Gasteiger partial charge in [-0.3, -0.25) is 20.3 Å². The summed E-state index contributed by atoms with van der Waals surface area (Å²) in [5.41, 5.74) is 0.0749. The van der Waals surface area contributed by atoms with Gasteiger partial charge in [-0.25, -0.2) is 5.01 Å². The third-order valence-corrected chi connectivity index (χ3v) is 4.46. The lowest BCUT2D eigenvalue weighted by Crippen LogP contribution is -2.43. The number of hydrogen-bond acceptors (Lipinski definition) is 4. The number of carbonyl (C=O) groups is 1. The van der Waals surface area contributed by atoms with Crippen molar-refractivity contribution in [1.29, 1.82) is 0 Å². The summed E-state index contributed by atoms with van der Waals surface area (Å²) in [6, 6.07) is 6.39. The lowest BCUT2D eigenvalue weighted by Gasteiger charge is -2.29. The molecule has 1 saturated heterocycles. The van der Waals surface area contributed by atoms with E-state index < -0.39 is 39.7 Å². The van der Waals surface area contributed by atoms with Crippen LogP contribution in [0.4, 0.5) is 18.9 Å². The summed E-state index contributed by atoms with van der Waals surface area (Å²) in [5, 5.41) is 12.9. The minimum Gasteiger partial charge on any atom is -0.287 e. The van der Waals surface area contributed by atoms with Crippen LogP contribution in [-0.4, -0.2) is 28.6 Å². The number of nitrogens with zero attached hydrogens (tertiary/aromatic N) is 2. The Morgan fingerprint density at radius 2 is 1.88 bits per heavy atom. The second-order valence-electron chi connectivity index (χ2n) is 6.88. The molecule has 9 heteroatoms. The first-order valence-corrected chi connectivity index (χ1v) is 7.83. The van der Waals surface area contributed by atoms with Gasteiger partial charge in [0.25, 0.3) is 5.69 Å². The first-order valence-electron chi connectivity index (χ1n) is 7.83. The number of benzene rings is 2. The van der Waals surface area contributed by atoms with Crippen LogP contribution in [0.3, 0.4) is 0 Å². The van der Waals surface area contributed by atoms with Crippen molar-refractivity contribution in [2.45, 2.75) is 26.1 Å². The number of rotatable bonds is 3. The van der Waals surface area contributed by atoms with Crippen molar-refractivity contribution in [1.82, 2.24) is 10.4 Å². The number of nitrogens with one attached hydrogen (secondary N) is 1. The van der Waals surface area contributed by atoms with E-state index in [1.807, 2.05) is 0 Å². The van der Waals surface area contributed by atoms with Crippen LogP contribution in [0.25, 0.3) is 10.8 Å². The van der Waals surface area contributed by atoms with E-state index in [-0.39, 0.29) is 11.9 Å². The van der Waals surface area contributed by atoms with Crippen molar-refractivity contribution in [3.63, 3.8) is 0 Å². The SMILES string of the molecule is CC1(C)CN([C@@H](c2ccc3ccccc3c2[N+](=O)[O-])C(F)(F)F)NC1=O. The van der Waals surface area contributed by atoms with E-state index in [1.165, 1.54) is 32.0 Å². The molecule has 2 aromatic rings. The molecule has 1 atom stereocenters. The lowest BCUT2D eigenvalue weighted by molar-refractivity contribution is -0.384. The standard InChI is InChI=1S/C17H16F3N3O3/c1-16(2)9-22(21-15(16)24)14(17(18,19)20)12-8-7-10-5-3-4-6-11(10)13(12)23(25)26/h3-8,14H,9H2,1-2H3,(H,21,24)/t14-/m0/s1. The van der Waals surface area contributed by atoms with E-state index in [9.17, 15) is 28.1 Å². The van der Waals surface area contributed by atoms with E-state index in [4.69, 9.17) is 0 Å². The van der Waals surface area contributed by atoms with Crippen molar-refractivity contribution < 1.29 is 22.9 Å². The van der Waals surface area contributed by atoms with Gasteiger partial charge < -0.3 is 0 Å². The van der Waals surface area contributed by atoms with Crippen molar-refractivity contribution in [3.05, 3.63) is 52.1 Å². The average Bonchev–Trinajstić information content (AvgIpc) is 2.78. The maximum absolute atomic E-state index is 13.9. The number of alkyl halides is 3. The first-order chi connectivity index (χ1) is 12.0. The van der Waals surface area contributed by atoms with Crippen LogP contribution < -0.4 is 5.43 Å². The van der Waals surface area contributed by atoms with Crippen molar-refractivity contribution >= 4 is 22.4 Å². The molecular weight excluding hydrogens is 351 g/mol. The van der Waals surface area contributed by atoms with Crippen LogP contribution in [0, 0.1) is 15.5 Å². The Balaban J connectivity index is 2.21. The summed E-state index contributed by atoms with van der Waals surface area (Å²) < 4.78 is 41.6. The molecule has 0 radical (unpaired) electrons. The van der Waals surface area contributed by atoms with Gasteiger partial charge in [-0.15, -0.1) is 0 Å². The zero-order valence-electron chi connectivity index (χ0n) is 14.0. The number of halogens is 3. The van der Waals surface area contributed by atoms with E-state index in [2.05, 4.69) is 5.43 Å². The molecule has 0 unspecified atom stereocenters. The molecule has 1 amide bonds. The summed E-state index contributed by atoms with van der Waals surface area (Å²) in [6.45, 7) is 2.81. The largest absolute Gasteiger partial charge is 0.410 e. The number of fused-ring (bicyclic) bond motifs is 1. The molecule has 6 nitrogen and oxygen atoms in total. The molecule has 1 aliphatic heterocycles. The molecule has 1 fully saturated rings. The maximum atomic E-state index is 13.9. The molecule has 26 heavy (non-hydrogen) atoms. The minimum atomic E-state index is -4.82.